The van der Waals surface area contributed by atoms with Gasteiger partial charge in [-0.1, -0.05) is 55.3 Å². The fourth-order valence-corrected chi connectivity index (χ4v) is 4.14. The Labute approximate surface area is 183 Å². The number of benzene rings is 2. The zero-order valence-corrected chi connectivity index (χ0v) is 17.6. The number of phenolic OH excluding ortho intramolecular Hbond substituents is 1. The topological polar surface area (TPSA) is 108 Å². The molecule has 0 aliphatic heterocycles. The van der Waals surface area contributed by atoms with Crippen molar-refractivity contribution in [3.05, 3.63) is 45.9 Å². The zero-order chi connectivity index (χ0) is 21.7. The van der Waals surface area contributed by atoms with Crippen LogP contribution in [-0.4, -0.2) is 22.1 Å². The molecular formula is C21H22Cl2N2O5. The van der Waals surface area contributed by atoms with Gasteiger partial charge in [0.1, 0.15) is 11.5 Å². The molecule has 1 saturated carbocycles. The van der Waals surface area contributed by atoms with Crippen molar-refractivity contribution in [2.75, 3.05) is 5.32 Å². The van der Waals surface area contributed by atoms with Crippen LogP contribution in [0.1, 0.15) is 37.7 Å². The molecule has 160 valence electrons. The second-order valence-electron chi connectivity index (χ2n) is 7.26. The molecule has 30 heavy (non-hydrogen) atoms. The Hall–Kier alpha value is -2.48. The molecule has 0 radical (unpaired) electrons. The number of carbonyl (C=O) groups excluding carboxylic acids is 2. The van der Waals surface area contributed by atoms with Crippen LogP contribution in [0.4, 0.5) is 5.69 Å². The van der Waals surface area contributed by atoms with Gasteiger partial charge in [0.25, 0.3) is 0 Å². The molecule has 2 aromatic carbocycles. The number of ether oxygens (including phenoxy) is 1. The zero-order valence-electron chi connectivity index (χ0n) is 16.1. The number of nitrogens with one attached hydrogen (secondary N) is 2. The first-order chi connectivity index (χ1) is 14.4. The largest absolute Gasteiger partial charge is 0.508 e. The summed E-state index contributed by atoms with van der Waals surface area (Å²) in [5, 5.41) is 21.2. The first-order valence-corrected chi connectivity index (χ1v) is 10.4. The molecule has 0 atom stereocenters. The van der Waals surface area contributed by atoms with Gasteiger partial charge in [-0.2, -0.15) is 0 Å². The Balaban J connectivity index is 1.76. The summed E-state index contributed by atoms with van der Waals surface area (Å²) < 4.78 is 5.85. The second-order valence-corrected chi connectivity index (χ2v) is 8.08. The summed E-state index contributed by atoms with van der Waals surface area (Å²) in [6.45, 7) is 0. The molecule has 0 spiro atoms. The molecule has 0 heterocycles. The summed E-state index contributed by atoms with van der Waals surface area (Å²) in [6, 6.07) is 7.71. The number of amides is 2. The van der Waals surface area contributed by atoms with E-state index in [1.54, 1.807) is 18.2 Å². The first-order valence-electron chi connectivity index (χ1n) is 9.61. The Bertz CT molecular complexity index is 922. The van der Waals surface area contributed by atoms with E-state index in [0.717, 1.165) is 24.8 Å². The minimum absolute atomic E-state index is 0.115. The van der Waals surface area contributed by atoms with Gasteiger partial charge in [0.15, 0.2) is 5.75 Å². The lowest BCUT2D eigenvalue weighted by molar-refractivity contribution is -0.141. The van der Waals surface area contributed by atoms with Gasteiger partial charge in [-0.05, 0) is 48.2 Å². The van der Waals surface area contributed by atoms with Gasteiger partial charge < -0.3 is 15.2 Å². The van der Waals surface area contributed by atoms with E-state index in [9.17, 15) is 14.7 Å². The molecule has 1 fully saturated rings. The van der Waals surface area contributed by atoms with Crippen LogP contribution in [0, 0.1) is 5.92 Å². The highest BCUT2D eigenvalue weighted by Gasteiger charge is 2.18. The third kappa shape index (κ3) is 5.56. The van der Waals surface area contributed by atoms with Crippen LogP contribution in [0.25, 0.3) is 0 Å². The number of hydroxylamine groups is 1. The Morgan fingerprint density at radius 3 is 2.33 bits per heavy atom. The van der Waals surface area contributed by atoms with Crippen LogP contribution in [0.15, 0.2) is 30.3 Å². The number of anilines is 1. The third-order valence-electron chi connectivity index (χ3n) is 5.07. The smallest absolute Gasteiger partial charge is 0.332 e. The molecule has 2 amide bonds. The molecule has 3 rings (SSSR count). The van der Waals surface area contributed by atoms with Crippen LogP contribution in [0.3, 0.4) is 0 Å². The van der Waals surface area contributed by atoms with E-state index >= 15 is 0 Å². The number of rotatable bonds is 5. The number of hydrogen-bond acceptors (Lipinski definition) is 5. The molecule has 9 heteroatoms. The van der Waals surface area contributed by atoms with Gasteiger partial charge in [-0.25, -0.2) is 5.48 Å². The normalized spacial score (nSPS) is 14.2. The minimum atomic E-state index is -1.22. The lowest BCUT2D eigenvalue weighted by Gasteiger charge is -2.22. The van der Waals surface area contributed by atoms with Gasteiger partial charge in [0.2, 0.25) is 0 Å². The van der Waals surface area contributed by atoms with E-state index in [-0.39, 0.29) is 27.2 Å². The Morgan fingerprint density at radius 2 is 1.70 bits per heavy atom. The van der Waals surface area contributed by atoms with Gasteiger partial charge in [-0.3, -0.25) is 14.8 Å². The summed E-state index contributed by atoms with van der Waals surface area (Å²) >= 11 is 12.5. The number of hydrogen-bond donors (Lipinski definition) is 4. The Morgan fingerprint density at radius 1 is 1.03 bits per heavy atom. The SMILES string of the molecule is O=C(NO)C(=O)Nc1cc(Cl)c(Oc2ccc(O)c(CC3CCCCC3)c2)c(Cl)c1. The fourth-order valence-electron chi connectivity index (χ4n) is 3.58. The lowest BCUT2D eigenvalue weighted by Crippen LogP contribution is -2.33. The van der Waals surface area contributed by atoms with Gasteiger partial charge >= 0.3 is 11.8 Å². The molecule has 2 aromatic rings. The van der Waals surface area contributed by atoms with Crippen molar-refractivity contribution in [3.63, 3.8) is 0 Å². The molecule has 0 unspecified atom stereocenters. The van der Waals surface area contributed by atoms with Crippen molar-refractivity contribution in [2.45, 2.75) is 38.5 Å². The lowest BCUT2D eigenvalue weighted by atomic mass is 9.84. The molecule has 7 nitrogen and oxygen atoms in total. The maximum atomic E-state index is 11.6. The highest BCUT2D eigenvalue weighted by atomic mass is 35.5. The molecular weight excluding hydrogens is 431 g/mol. The van der Waals surface area contributed by atoms with Gasteiger partial charge in [-0.15, -0.1) is 0 Å². The maximum absolute atomic E-state index is 11.6. The number of carbonyl (C=O) groups is 2. The summed E-state index contributed by atoms with van der Waals surface area (Å²) in [6.07, 6.45) is 6.80. The van der Waals surface area contributed by atoms with Gasteiger partial charge in [0.05, 0.1) is 10.0 Å². The second kappa shape index (κ2) is 10.0. The third-order valence-corrected chi connectivity index (χ3v) is 5.63. The van der Waals surface area contributed by atoms with Crippen LogP contribution in [0.5, 0.6) is 17.2 Å². The summed E-state index contributed by atoms with van der Waals surface area (Å²) in [4.78, 5) is 22.7. The molecule has 1 aliphatic rings. The summed E-state index contributed by atoms with van der Waals surface area (Å²) in [5.41, 5.74) is 2.21. The van der Waals surface area contributed by atoms with E-state index in [1.807, 2.05) is 0 Å². The minimum Gasteiger partial charge on any atom is -0.508 e. The Kier molecular flexibility index (Phi) is 7.42. The van der Waals surface area contributed by atoms with E-state index in [0.29, 0.717) is 11.7 Å². The number of halogens is 2. The quantitative estimate of drug-likeness (QED) is 0.288. The molecule has 4 N–H and O–H groups in total. The molecule has 1 aliphatic carbocycles. The predicted molar refractivity (Wildman–Crippen MR) is 113 cm³/mol. The number of phenols is 1. The van der Waals surface area contributed by atoms with E-state index in [2.05, 4.69) is 5.32 Å². The monoisotopic (exact) mass is 452 g/mol. The van der Waals surface area contributed by atoms with Crippen LogP contribution < -0.4 is 15.5 Å². The summed E-state index contributed by atoms with van der Waals surface area (Å²) in [5.74, 6) is -0.881. The number of aromatic hydroxyl groups is 1. The van der Waals surface area contributed by atoms with Crippen molar-refractivity contribution in [3.8, 4) is 17.2 Å². The summed E-state index contributed by atoms with van der Waals surface area (Å²) in [7, 11) is 0. The molecule has 0 bridgehead atoms. The van der Waals surface area contributed by atoms with Crippen molar-refractivity contribution in [1.29, 1.82) is 0 Å². The fraction of sp³-hybridized carbons (Fsp3) is 0.333. The predicted octanol–water partition coefficient (Wildman–Crippen LogP) is 5.06. The van der Waals surface area contributed by atoms with Gasteiger partial charge in [0, 0.05) is 5.69 Å². The average Bonchev–Trinajstić information content (AvgIpc) is 2.73. The van der Waals surface area contributed by atoms with Crippen molar-refractivity contribution < 1.29 is 24.6 Å². The van der Waals surface area contributed by atoms with Crippen LogP contribution >= 0.6 is 23.2 Å². The average molecular weight is 453 g/mol. The van der Waals surface area contributed by atoms with E-state index in [4.69, 9.17) is 33.1 Å². The van der Waals surface area contributed by atoms with Crippen LogP contribution in [0.2, 0.25) is 10.0 Å². The highest BCUT2D eigenvalue weighted by molar-refractivity contribution is 6.40. The maximum Gasteiger partial charge on any atom is 0.332 e. The van der Waals surface area contributed by atoms with Crippen molar-refractivity contribution >= 4 is 40.7 Å². The molecule has 0 aromatic heterocycles. The van der Waals surface area contributed by atoms with Crippen molar-refractivity contribution in [2.24, 2.45) is 5.92 Å². The highest BCUT2D eigenvalue weighted by Crippen LogP contribution is 2.40. The standard InChI is InChI=1S/C21H22Cl2N2O5/c22-16-10-14(24-20(27)21(28)25-29)11-17(23)19(16)30-15-6-7-18(26)13(9-15)8-12-4-2-1-3-5-12/h6-7,9-12,26,29H,1-5,8H2,(H,24,27)(H,25,28). The first kappa shape index (κ1) is 22.2. The van der Waals surface area contributed by atoms with Crippen molar-refractivity contribution in [1.82, 2.24) is 5.48 Å². The van der Waals surface area contributed by atoms with Crippen LogP contribution in [-0.2, 0) is 16.0 Å². The molecule has 0 saturated heterocycles. The van der Waals surface area contributed by atoms with E-state index in [1.165, 1.54) is 36.9 Å². The van der Waals surface area contributed by atoms with E-state index < -0.39 is 11.8 Å².